The Balaban J connectivity index is 2.07. The Kier molecular flexibility index (Phi) is 4.05. The van der Waals surface area contributed by atoms with Gasteiger partial charge >= 0.3 is 5.69 Å². The van der Waals surface area contributed by atoms with Crippen LogP contribution >= 0.6 is 0 Å². The quantitative estimate of drug-likeness (QED) is 0.856. The van der Waals surface area contributed by atoms with E-state index in [0.717, 1.165) is 22.4 Å². The predicted octanol–water partition coefficient (Wildman–Crippen LogP) is 1.95. The SMILES string of the molecule is Cc1ccc(C)c(O/C=C2/CCN(C)c3c2c(=O)[nH]c(=O)n3C)c1. The largest absolute Gasteiger partial charge is 0.464 e. The number of aryl methyl sites for hydroxylation is 2. The molecule has 1 N–H and O–H groups in total. The van der Waals surface area contributed by atoms with Crippen molar-refractivity contribution in [3.63, 3.8) is 0 Å². The van der Waals surface area contributed by atoms with Gasteiger partial charge in [0.05, 0.1) is 11.8 Å². The predicted molar refractivity (Wildman–Crippen MR) is 94.7 cm³/mol. The molecule has 1 aromatic heterocycles. The summed E-state index contributed by atoms with van der Waals surface area (Å²) in [7, 11) is 3.53. The van der Waals surface area contributed by atoms with Crippen LogP contribution in [0.25, 0.3) is 5.57 Å². The van der Waals surface area contributed by atoms with Crippen molar-refractivity contribution in [2.45, 2.75) is 20.3 Å². The number of hydrogen-bond donors (Lipinski definition) is 1. The molecule has 0 amide bonds. The van der Waals surface area contributed by atoms with Crippen LogP contribution in [-0.4, -0.2) is 23.1 Å². The molecule has 0 aliphatic carbocycles. The van der Waals surface area contributed by atoms with E-state index in [1.54, 1.807) is 13.3 Å². The van der Waals surface area contributed by atoms with Crippen LogP contribution in [0, 0.1) is 13.8 Å². The summed E-state index contributed by atoms with van der Waals surface area (Å²) in [6.45, 7) is 4.70. The molecule has 0 bridgehead atoms. The van der Waals surface area contributed by atoms with Crippen molar-refractivity contribution in [2.24, 2.45) is 7.05 Å². The topological polar surface area (TPSA) is 67.3 Å². The molecule has 0 atom stereocenters. The number of H-pyrrole nitrogens is 1. The van der Waals surface area contributed by atoms with Gasteiger partial charge in [0, 0.05) is 26.2 Å². The Labute approximate surface area is 140 Å². The highest BCUT2D eigenvalue weighted by Crippen LogP contribution is 2.30. The van der Waals surface area contributed by atoms with Crippen LogP contribution in [0.4, 0.5) is 5.82 Å². The van der Waals surface area contributed by atoms with Gasteiger partial charge in [0.15, 0.2) is 0 Å². The third-order valence-electron chi connectivity index (χ3n) is 4.36. The lowest BCUT2D eigenvalue weighted by Crippen LogP contribution is -2.39. The third kappa shape index (κ3) is 2.75. The van der Waals surface area contributed by atoms with E-state index < -0.39 is 5.69 Å². The van der Waals surface area contributed by atoms with Crippen LogP contribution in [0.5, 0.6) is 5.75 Å². The first-order valence-electron chi connectivity index (χ1n) is 7.86. The second-order valence-electron chi connectivity index (χ2n) is 6.22. The number of fused-ring (bicyclic) bond motifs is 1. The molecule has 0 unspecified atom stereocenters. The fourth-order valence-corrected chi connectivity index (χ4v) is 2.95. The number of benzene rings is 1. The van der Waals surface area contributed by atoms with E-state index in [1.807, 2.05) is 44.0 Å². The Hall–Kier alpha value is -2.76. The van der Waals surface area contributed by atoms with E-state index in [1.165, 1.54) is 4.57 Å². The summed E-state index contributed by atoms with van der Waals surface area (Å²) in [5.74, 6) is 1.38. The van der Waals surface area contributed by atoms with Gasteiger partial charge in [-0.05, 0) is 37.5 Å². The monoisotopic (exact) mass is 327 g/mol. The summed E-state index contributed by atoms with van der Waals surface area (Å²) in [6.07, 6.45) is 2.31. The van der Waals surface area contributed by atoms with Gasteiger partial charge in [-0.15, -0.1) is 0 Å². The zero-order valence-corrected chi connectivity index (χ0v) is 14.3. The molecular formula is C18H21N3O3. The zero-order chi connectivity index (χ0) is 17.4. The van der Waals surface area contributed by atoms with Gasteiger partial charge in [0.1, 0.15) is 11.6 Å². The Morgan fingerprint density at radius 1 is 1.21 bits per heavy atom. The van der Waals surface area contributed by atoms with Crippen LogP contribution in [0.15, 0.2) is 34.1 Å². The number of rotatable bonds is 2. The van der Waals surface area contributed by atoms with E-state index in [-0.39, 0.29) is 5.56 Å². The lowest BCUT2D eigenvalue weighted by atomic mass is 10.0. The molecule has 0 saturated carbocycles. The van der Waals surface area contributed by atoms with Crippen molar-refractivity contribution in [3.8, 4) is 5.75 Å². The molecule has 1 aliphatic heterocycles. The summed E-state index contributed by atoms with van der Waals surface area (Å²) in [6, 6.07) is 6.00. The molecular weight excluding hydrogens is 306 g/mol. The smallest absolute Gasteiger partial charge is 0.329 e. The highest BCUT2D eigenvalue weighted by Gasteiger charge is 2.25. The van der Waals surface area contributed by atoms with Crippen LogP contribution in [0.2, 0.25) is 0 Å². The van der Waals surface area contributed by atoms with Crippen molar-refractivity contribution in [3.05, 3.63) is 62.0 Å². The van der Waals surface area contributed by atoms with Crippen molar-refractivity contribution >= 4 is 11.4 Å². The molecule has 1 aliphatic rings. The number of nitrogens with one attached hydrogen (secondary N) is 1. The number of hydrogen-bond acceptors (Lipinski definition) is 4. The maximum Gasteiger partial charge on any atom is 0.329 e. The van der Waals surface area contributed by atoms with Gasteiger partial charge in [0.25, 0.3) is 5.56 Å². The zero-order valence-electron chi connectivity index (χ0n) is 14.3. The summed E-state index contributed by atoms with van der Waals surface area (Å²) in [5.41, 5.74) is 2.63. The fourth-order valence-electron chi connectivity index (χ4n) is 2.95. The highest BCUT2D eigenvalue weighted by molar-refractivity contribution is 5.76. The maximum atomic E-state index is 12.3. The first-order chi connectivity index (χ1) is 11.4. The molecule has 3 rings (SSSR count). The average Bonchev–Trinajstić information content (AvgIpc) is 2.54. The summed E-state index contributed by atoms with van der Waals surface area (Å²) < 4.78 is 7.31. The summed E-state index contributed by atoms with van der Waals surface area (Å²) in [5, 5.41) is 0. The average molecular weight is 327 g/mol. The number of nitrogens with zero attached hydrogens (tertiary/aromatic N) is 2. The number of aromatic nitrogens is 2. The minimum atomic E-state index is -0.415. The van der Waals surface area contributed by atoms with Crippen LogP contribution in [0.1, 0.15) is 23.1 Å². The van der Waals surface area contributed by atoms with Gasteiger partial charge in [0.2, 0.25) is 0 Å². The van der Waals surface area contributed by atoms with Gasteiger partial charge in [-0.3, -0.25) is 14.3 Å². The number of aromatic amines is 1. The molecule has 0 spiro atoms. The molecule has 6 heteroatoms. The lowest BCUT2D eigenvalue weighted by Gasteiger charge is -2.29. The van der Waals surface area contributed by atoms with Gasteiger partial charge in [-0.1, -0.05) is 12.1 Å². The highest BCUT2D eigenvalue weighted by atomic mass is 16.5. The summed E-state index contributed by atoms with van der Waals surface area (Å²) >= 11 is 0. The van der Waals surface area contributed by atoms with E-state index >= 15 is 0 Å². The van der Waals surface area contributed by atoms with Gasteiger partial charge in [-0.25, -0.2) is 4.79 Å². The maximum absolute atomic E-state index is 12.3. The normalized spacial score (nSPS) is 15.5. The third-order valence-corrected chi connectivity index (χ3v) is 4.36. The van der Waals surface area contributed by atoms with Crippen molar-refractivity contribution in [2.75, 3.05) is 18.5 Å². The van der Waals surface area contributed by atoms with E-state index in [9.17, 15) is 9.59 Å². The van der Waals surface area contributed by atoms with Crippen molar-refractivity contribution in [1.29, 1.82) is 0 Å². The van der Waals surface area contributed by atoms with Crippen LogP contribution in [0.3, 0.4) is 0 Å². The summed E-state index contributed by atoms with van der Waals surface area (Å²) in [4.78, 5) is 28.5. The minimum Gasteiger partial charge on any atom is -0.464 e. The molecule has 2 heterocycles. The van der Waals surface area contributed by atoms with Crippen LogP contribution in [-0.2, 0) is 7.05 Å². The molecule has 0 fully saturated rings. The fraction of sp³-hybridized carbons (Fsp3) is 0.333. The second-order valence-corrected chi connectivity index (χ2v) is 6.22. The molecule has 6 nitrogen and oxygen atoms in total. The van der Waals surface area contributed by atoms with Gasteiger partial charge in [-0.2, -0.15) is 0 Å². The number of anilines is 1. The molecule has 0 saturated heterocycles. The first kappa shape index (κ1) is 16.1. The molecule has 126 valence electrons. The van der Waals surface area contributed by atoms with Crippen LogP contribution < -0.4 is 20.9 Å². The molecule has 2 aromatic rings. The Morgan fingerprint density at radius 2 is 1.96 bits per heavy atom. The van der Waals surface area contributed by atoms with Gasteiger partial charge < -0.3 is 9.64 Å². The molecule has 24 heavy (non-hydrogen) atoms. The Morgan fingerprint density at radius 3 is 2.71 bits per heavy atom. The first-order valence-corrected chi connectivity index (χ1v) is 7.86. The van der Waals surface area contributed by atoms with Crippen molar-refractivity contribution < 1.29 is 4.74 Å². The second kappa shape index (κ2) is 6.03. The van der Waals surface area contributed by atoms with E-state index in [4.69, 9.17) is 4.74 Å². The molecule has 0 radical (unpaired) electrons. The lowest BCUT2D eigenvalue weighted by molar-refractivity contribution is 0.476. The Bertz CT molecular complexity index is 938. The van der Waals surface area contributed by atoms with Crippen molar-refractivity contribution in [1.82, 2.24) is 9.55 Å². The van der Waals surface area contributed by atoms with E-state index in [0.29, 0.717) is 24.3 Å². The standard InChI is InChI=1S/C18H21N3O3/c1-11-5-6-12(2)14(9-11)24-10-13-7-8-20(3)17-15(13)16(22)19-18(23)21(17)4/h5-6,9-10H,7-8H2,1-4H3,(H,19,22,23)/b13-10-. The minimum absolute atomic E-state index is 0.379. The number of ether oxygens (including phenoxy) is 1. The van der Waals surface area contributed by atoms with E-state index in [2.05, 4.69) is 4.98 Å². The molecule has 1 aromatic carbocycles.